The summed E-state index contributed by atoms with van der Waals surface area (Å²) in [6.07, 6.45) is -2.76. The van der Waals surface area contributed by atoms with Crippen molar-refractivity contribution in [2.45, 2.75) is 57.1 Å². The molecule has 1 heterocycles. The van der Waals surface area contributed by atoms with Gasteiger partial charge in [0.1, 0.15) is 31.2 Å². The lowest BCUT2D eigenvalue weighted by atomic mass is 9.98. The largest absolute Gasteiger partial charge is 0.368 e. The van der Waals surface area contributed by atoms with Crippen molar-refractivity contribution in [1.29, 1.82) is 0 Å². The first-order valence-electron chi connectivity index (χ1n) is 14.6. The Bertz CT molecular complexity index is 1290. The number of ether oxygens (including phenoxy) is 7. The third-order valence-electron chi connectivity index (χ3n) is 7.24. The molecule has 5 rings (SSSR count). The number of hydrogen-bond acceptors (Lipinski definition) is 7. The summed E-state index contributed by atoms with van der Waals surface area (Å²) >= 11 is 0. The molecule has 0 radical (unpaired) electrons. The van der Waals surface area contributed by atoms with Gasteiger partial charge in [0.05, 0.1) is 33.0 Å². The van der Waals surface area contributed by atoms with E-state index in [0.717, 1.165) is 22.3 Å². The SMILES string of the molecule is CO[C@H]1O[C@H](COCOCc2ccccc2)[C@@H](OCc2ccccc2)[C@H](OCc2ccccc2)[C@H]1OCc1ccccc1. The van der Waals surface area contributed by atoms with E-state index in [4.69, 9.17) is 33.2 Å². The van der Waals surface area contributed by atoms with Crippen LogP contribution >= 0.6 is 0 Å². The highest BCUT2D eigenvalue weighted by molar-refractivity contribution is 5.16. The minimum absolute atomic E-state index is 0.112. The molecule has 0 unspecified atom stereocenters. The summed E-state index contributed by atoms with van der Waals surface area (Å²) in [5, 5.41) is 0. The van der Waals surface area contributed by atoms with Crippen LogP contribution in [-0.2, 0) is 59.6 Å². The van der Waals surface area contributed by atoms with Gasteiger partial charge in [0.25, 0.3) is 0 Å². The van der Waals surface area contributed by atoms with Gasteiger partial charge in [-0.2, -0.15) is 0 Å². The second kappa shape index (κ2) is 17.0. The van der Waals surface area contributed by atoms with Crippen LogP contribution in [0.1, 0.15) is 22.3 Å². The highest BCUT2D eigenvalue weighted by Crippen LogP contribution is 2.31. The lowest BCUT2D eigenvalue weighted by molar-refractivity contribution is -0.324. The van der Waals surface area contributed by atoms with Gasteiger partial charge in [-0.05, 0) is 22.3 Å². The Morgan fingerprint density at radius 2 is 0.907 bits per heavy atom. The van der Waals surface area contributed by atoms with Crippen LogP contribution < -0.4 is 0 Å². The fourth-order valence-electron chi connectivity index (χ4n) is 5.03. The number of rotatable bonds is 16. The topological polar surface area (TPSA) is 64.6 Å². The minimum Gasteiger partial charge on any atom is -0.368 e. The first kappa shape index (κ1) is 31.0. The first-order valence-corrected chi connectivity index (χ1v) is 14.6. The van der Waals surface area contributed by atoms with Crippen molar-refractivity contribution in [3.05, 3.63) is 144 Å². The minimum atomic E-state index is -0.695. The highest BCUT2D eigenvalue weighted by Gasteiger charge is 2.48. The van der Waals surface area contributed by atoms with Crippen molar-refractivity contribution < 1.29 is 33.2 Å². The fraction of sp³-hybridized carbons (Fsp3) is 0.333. The zero-order valence-electron chi connectivity index (χ0n) is 24.5. The molecule has 1 fully saturated rings. The van der Waals surface area contributed by atoms with Gasteiger partial charge >= 0.3 is 0 Å². The van der Waals surface area contributed by atoms with E-state index in [2.05, 4.69) is 0 Å². The van der Waals surface area contributed by atoms with Crippen LogP contribution in [0.15, 0.2) is 121 Å². The Morgan fingerprint density at radius 3 is 1.37 bits per heavy atom. The van der Waals surface area contributed by atoms with Gasteiger partial charge in [-0.15, -0.1) is 0 Å². The predicted molar refractivity (Wildman–Crippen MR) is 163 cm³/mol. The van der Waals surface area contributed by atoms with E-state index >= 15 is 0 Å². The van der Waals surface area contributed by atoms with Gasteiger partial charge < -0.3 is 33.2 Å². The molecule has 0 aromatic heterocycles. The Kier molecular flexibility index (Phi) is 12.3. The van der Waals surface area contributed by atoms with E-state index in [1.165, 1.54) is 0 Å². The van der Waals surface area contributed by atoms with Gasteiger partial charge in [0.15, 0.2) is 6.29 Å². The zero-order valence-corrected chi connectivity index (χ0v) is 24.5. The molecule has 0 amide bonds. The molecular weight excluding hydrogens is 544 g/mol. The second-order valence-corrected chi connectivity index (χ2v) is 10.4. The van der Waals surface area contributed by atoms with E-state index in [1.54, 1.807) is 7.11 Å². The molecule has 0 aliphatic carbocycles. The lowest BCUT2D eigenvalue weighted by Gasteiger charge is -2.45. The molecule has 7 heteroatoms. The molecule has 7 nitrogen and oxygen atoms in total. The van der Waals surface area contributed by atoms with E-state index in [1.807, 2.05) is 121 Å². The summed E-state index contributed by atoms with van der Waals surface area (Å²) in [4.78, 5) is 0. The lowest BCUT2D eigenvalue weighted by Crippen LogP contribution is -2.61. The Labute approximate surface area is 254 Å². The molecule has 4 aromatic carbocycles. The molecule has 0 bridgehead atoms. The molecule has 0 saturated carbocycles. The standard InChI is InChI=1S/C36H40O7/c1-37-36-35(42-25-31-20-12-5-13-21-31)34(41-24-30-18-10-4-11-19-30)33(40-23-29-16-8-3-9-17-29)32(43-36)26-39-27-38-22-28-14-6-2-7-15-28/h2-21,32-36H,22-27H2,1H3/t32-,33-,34+,35-,36+/m1/s1. The predicted octanol–water partition coefficient (Wildman–Crippen LogP) is 6.30. The molecule has 0 spiro atoms. The molecule has 1 saturated heterocycles. The van der Waals surface area contributed by atoms with E-state index in [9.17, 15) is 0 Å². The molecule has 1 aliphatic heterocycles. The van der Waals surface area contributed by atoms with Crippen molar-refractivity contribution in [3.8, 4) is 0 Å². The van der Waals surface area contributed by atoms with Gasteiger partial charge in [-0.1, -0.05) is 121 Å². The molecule has 1 aliphatic rings. The average molecular weight is 585 g/mol. The third kappa shape index (κ3) is 9.55. The van der Waals surface area contributed by atoms with Crippen LogP contribution in [0.2, 0.25) is 0 Å². The van der Waals surface area contributed by atoms with Crippen LogP contribution in [0.25, 0.3) is 0 Å². The molecule has 226 valence electrons. The van der Waals surface area contributed by atoms with Gasteiger partial charge in [-0.3, -0.25) is 0 Å². The number of benzene rings is 4. The summed E-state index contributed by atoms with van der Waals surface area (Å²) in [5.74, 6) is 0. The molecule has 5 atom stereocenters. The van der Waals surface area contributed by atoms with E-state index in [-0.39, 0.29) is 13.4 Å². The summed E-state index contributed by atoms with van der Waals surface area (Å²) in [6.45, 7) is 1.93. The van der Waals surface area contributed by atoms with Crippen molar-refractivity contribution >= 4 is 0 Å². The number of methoxy groups -OCH3 is 1. The van der Waals surface area contributed by atoms with E-state index in [0.29, 0.717) is 26.4 Å². The van der Waals surface area contributed by atoms with Crippen LogP contribution in [0.5, 0.6) is 0 Å². The van der Waals surface area contributed by atoms with Crippen LogP contribution in [-0.4, -0.2) is 51.2 Å². The first-order chi connectivity index (χ1) is 21.3. The van der Waals surface area contributed by atoms with Crippen molar-refractivity contribution in [3.63, 3.8) is 0 Å². The molecule has 4 aromatic rings. The van der Waals surface area contributed by atoms with Crippen LogP contribution in [0.3, 0.4) is 0 Å². The van der Waals surface area contributed by atoms with E-state index < -0.39 is 30.7 Å². The Morgan fingerprint density at radius 1 is 0.488 bits per heavy atom. The maximum absolute atomic E-state index is 6.62. The second-order valence-electron chi connectivity index (χ2n) is 10.4. The summed E-state index contributed by atoms with van der Waals surface area (Å²) in [5.41, 5.74) is 4.22. The third-order valence-corrected chi connectivity index (χ3v) is 7.24. The van der Waals surface area contributed by atoms with Crippen molar-refractivity contribution in [2.24, 2.45) is 0 Å². The normalized spacial score (nSPS) is 21.9. The highest BCUT2D eigenvalue weighted by atomic mass is 16.7. The van der Waals surface area contributed by atoms with Gasteiger partial charge in [0, 0.05) is 7.11 Å². The quantitative estimate of drug-likeness (QED) is 0.113. The molecule has 43 heavy (non-hydrogen) atoms. The Hall–Kier alpha value is -3.40. The zero-order chi connectivity index (χ0) is 29.5. The maximum atomic E-state index is 6.62. The Balaban J connectivity index is 1.33. The monoisotopic (exact) mass is 584 g/mol. The van der Waals surface area contributed by atoms with Crippen molar-refractivity contribution in [1.82, 2.24) is 0 Å². The molecular formula is C36H40O7. The summed E-state index contributed by atoms with van der Waals surface area (Å²) in [7, 11) is 1.61. The van der Waals surface area contributed by atoms with Gasteiger partial charge in [-0.25, -0.2) is 0 Å². The fourth-order valence-corrected chi connectivity index (χ4v) is 5.03. The molecule has 0 N–H and O–H groups in total. The van der Waals surface area contributed by atoms with Crippen LogP contribution in [0, 0.1) is 0 Å². The number of hydrogen-bond donors (Lipinski definition) is 0. The smallest absolute Gasteiger partial charge is 0.186 e. The maximum Gasteiger partial charge on any atom is 0.186 e. The summed E-state index contributed by atoms with van der Waals surface area (Å²) < 4.78 is 43.7. The van der Waals surface area contributed by atoms with Gasteiger partial charge in [0.2, 0.25) is 0 Å². The average Bonchev–Trinajstić information content (AvgIpc) is 3.07. The summed E-state index contributed by atoms with van der Waals surface area (Å²) in [6, 6.07) is 40.1. The van der Waals surface area contributed by atoms with Crippen LogP contribution in [0.4, 0.5) is 0 Å². The van der Waals surface area contributed by atoms with Crippen molar-refractivity contribution in [2.75, 3.05) is 20.5 Å².